The van der Waals surface area contributed by atoms with Crippen molar-refractivity contribution in [2.75, 3.05) is 0 Å². The summed E-state index contributed by atoms with van der Waals surface area (Å²) in [6, 6.07) is 0. The van der Waals surface area contributed by atoms with Crippen molar-refractivity contribution in [3.63, 3.8) is 0 Å². The Kier molecular flexibility index (Phi) is 1.82. The Morgan fingerprint density at radius 1 is 1.50 bits per heavy atom. The second kappa shape index (κ2) is 2.01. The molecule has 0 aliphatic carbocycles. The Balaban J connectivity index is 4.53. The van der Waals surface area contributed by atoms with E-state index in [0.29, 0.717) is 6.29 Å². The van der Waals surface area contributed by atoms with Gasteiger partial charge >= 0.3 is 15.2 Å². The maximum absolute atomic E-state index is 9.57. The van der Waals surface area contributed by atoms with E-state index in [0.717, 1.165) is 0 Å². The van der Waals surface area contributed by atoms with Crippen molar-refractivity contribution >= 4 is 21.5 Å². The molecular formula is C2HO5S. The third-order valence-electron chi connectivity index (χ3n) is 0.318. The van der Waals surface area contributed by atoms with Gasteiger partial charge in [0.25, 0.3) is 6.29 Å². The van der Waals surface area contributed by atoms with Gasteiger partial charge in [-0.15, -0.1) is 0 Å². The number of hydrogen-bond acceptors (Lipinski definition) is 4. The van der Waals surface area contributed by atoms with E-state index >= 15 is 0 Å². The van der Waals surface area contributed by atoms with Gasteiger partial charge in [0.05, 0.1) is 0 Å². The third-order valence-corrected chi connectivity index (χ3v) is 0.870. The second-order valence-corrected chi connectivity index (χ2v) is 2.19. The molecule has 0 spiro atoms. The van der Waals surface area contributed by atoms with Crippen LogP contribution in [0.15, 0.2) is 0 Å². The maximum atomic E-state index is 9.57. The molecule has 0 bridgehead atoms. The Morgan fingerprint density at radius 2 is 1.88 bits per heavy atom. The molecule has 0 aromatic rings. The lowest BCUT2D eigenvalue weighted by molar-refractivity contribution is -0.106. The lowest BCUT2D eigenvalue weighted by Gasteiger charge is -1.78. The fourth-order valence-electron chi connectivity index (χ4n) is 0.0527. The molecule has 0 aliphatic heterocycles. The summed E-state index contributed by atoms with van der Waals surface area (Å²) in [7, 11) is -4.82. The smallest absolute Gasteiger partial charge is 0.280 e. The van der Waals surface area contributed by atoms with Crippen molar-refractivity contribution in [3.8, 4) is 0 Å². The van der Waals surface area contributed by atoms with Crippen molar-refractivity contribution in [3.05, 3.63) is 0 Å². The van der Waals surface area contributed by atoms with E-state index in [4.69, 9.17) is 9.35 Å². The topological polar surface area (TPSA) is 88.5 Å². The average Bonchev–Trinajstić information content (AvgIpc) is 1.62. The van der Waals surface area contributed by atoms with Crippen LogP contribution in [0, 0.1) is 0 Å². The van der Waals surface area contributed by atoms with Crippen molar-refractivity contribution < 1.29 is 22.6 Å². The molecule has 0 aromatic carbocycles. The standard InChI is InChI=1S/C2HO5S/c3-1-2(4)8(5,6)7/h(H,5,6,7). The lowest BCUT2D eigenvalue weighted by atomic mass is 10.9. The summed E-state index contributed by atoms with van der Waals surface area (Å²) < 4.78 is 26.7. The minimum atomic E-state index is -4.82. The van der Waals surface area contributed by atoms with E-state index in [9.17, 15) is 13.2 Å². The van der Waals surface area contributed by atoms with Crippen molar-refractivity contribution in [2.24, 2.45) is 0 Å². The van der Waals surface area contributed by atoms with Crippen molar-refractivity contribution in [1.82, 2.24) is 0 Å². The zero-order valence-corrected chi connectivity index (χ0v) is 4.30. The predicted molar refractivity (Wildman–Crippen MR) is 22.2 cm³/mol. The molecule has 0 aromatic heterocycles. The summed E-state index contributed by atoms with van der Waals surface area (Å²) >= 11 is 0. The lowest BCUT2D eigenvalue weighted by Crippen LogP contribution is -2.13. The Morgan fingerprint density at radius 3 is 1.88 bits per heavy atom. The summed E-state index contributed by atoms with van der Waals surface area (Å²) in [5, 5.41) is -1.95. The van der Waals surface area contributed by atoms with Gasteiger partial charge in [-0.1, -0.05) is 0 Å². The highest BCUT2D eigenvalue weighted by atomic mass is 32.2. The number of carbonyl (C=O) groups excluding carboxylic acids is 2. The molecule has 0 atom stereocenters. The molecular weight excluding hydrogens is 136 g/mol. The first-order valence-corrected chi connectivity index (χ1v) is 2.82. The highest BCUT2D eigenvalue weighted by Crippen LogP contribution is 1.77. The zero-order chi connectivity index (χ0) is 6.78. The number of hydrogen-bond donors (Lipinski definition) is 1. The average molecular weight is 137 g/mol. The van der Waals surface area contributed by atoms with E-state index in [2.05, 4.69) is 0 Å². The van der Waals surface area contributed by atoms with Gasteiger partial charge in [0.1, 0.15) is 0 Å². The van der Waals surface area contributed by atoms with Crippen LogP contribution in [0.2, 0.25) is 0 Å². The largest absolute Gasteiger partial charge is 0.347 e. The summed E-state index contributed by atoms with van der Waals surface area (Å²) in [5.74, 6) is 0. The fourth-order valence-corrected chi connectivity index (χ4v) is 0.158. The van der Waals surface area contributed by atoms with Crippen molar-refractivity contribution in [1.29, 1.82) is 0 Å². The molecule has 0 saturated heterocycles. The molecule has 0 rings (SSSR count). The minimum absolute atomic E-state index is 0.478. The molecule has 1 N–H and O–H groups in total. The third kappa shape index (κ3) is 1.80. The molecule has 0 heterocycles. The van der Waals surface area contributed by atoms with Crippen LogP contribution in [0.4, 0.5) is 0 Å². The van der Waals surface area contributed by atoms with E-state index in [1.807, 2.05) is 0 Å². The predicted octanol–water partition coefficient (Wildman–Crippen LogP) is -1.49. The highest BCUT2D eigenvalue weighted by molar-refractivity contribution is 8.02. The molecule has 0 fully saturated rings. The first-order valence-electron chi connectivity index (χ1n) is 1.38. The quantitative estimate of drug-likeness (QED) is 0.351. The molecule has 5 nitrogen and oxygen atoms in total. The van der Waals surface area contributed by atoms with Gasteiger partial charge in [0, 0.05) is 0 Å². The van der Waals surface area contributed by atoms with E-state index in [-0.39, 0.29) is 0 Å². The van der Waals surface area contributed by atoms with Crippen LogP contribution in [-0.4, -0.2) is 24.4 Å². The number of rotatable bonds is 1. The number of carbonyl (C=O) groups is 1. The monoisotopic (exact) mass is 137 g/mol. The SMILES string of the molecule is O=[C]C(=O)S(=O)(=O)O. The van der Waals surface area contributed by atoms with Crippen LogP contribution >= 0.6 is 0 Å². The van der Waals surface area contributed by atoms with Gasteiger partial charge in [-0.05, 0) is 0 Å². The van der Waals surface area contributed by atoms with Crippen LogP contribution in [0.5, 0.6) is 0 Å². The van der Waals surface area contributed by atoms with Crippen LogP contribution in [0.3, 0.4) is 0 Å². The summed E-state index contributed by atoms with van der Waals surface area (Å²) in [5.41, 5.74) is 0. The zero-order valence-electron chi connectivity index (χ0n) is 3.49. The van der Waals surface area contributed by atoms with E-state index in [1.54, 1.807) is 0 Å². The second-order valence-electron chi connectivity index (χ2n) is 0.865. The molecule has 0 amide bonds. The van der Waals surface area contributed by atoms with E-state index in [1.165, 1.54) is 0 Å². The highest BCUT2D eigenvalue weighted by Gasteiger charge is 2.16. The molecule has 0 aliphatic rings. The van der Waals surface area contributed by atoms with Gasteiger partial charge in [-0.2, -0.15) is 8.42 Å². The van der Waals surface area contributed by atoms with Gasteiger partial charge < -0.3 is 0 Å². The van der Waals surface area contributed by atoms with Gasteiger partial charge in [-0.25, -0.2) is 0 Å². The Bertz CT molecular complexity index is 198. The summed E-state index contributed by atoms with van der Waals surface area (Å²) in [4.78, 5) is 18.7. The van der Waals surface area contributed by atoms with Crippen molar-refractivity contribution in [2.45, 2.75) is 0 Å². The summed E-state index contributed by atoms with van der Waals surface area (Å²) in [6.07, 6.45) is 0.478. The molecule has 8 heavy (non-hydrogen) atoms. The molecule has 45 valence electrons. The van der Waals surface area contributed by atoms with Crippen LogP contribution in [-0.2, 0) is 19.7 Å². The fraction of sp³-hybridized carbons (Fsp3) is 0. The van der Waals surface area contributed by atoms with Crippen LogP contribution in [0.1, 0.15) is 0 Å². The van der Waals surface area contributed by atoms with Gasteiger partial charge in [0.2, 0.25) is 0 Å². The van der Waals surface area contributed by atoms with Gasteiger partial charge in [-0.3, -0.25) is 14.1 Å². The molecule has 0 unspecified atom stereocenters. The van der Waals surface area contributed by atoms with Crippen LogP contribution in [0.25, 0.3) is 0 Å². The van der Waals surface area contributed by atoms with Crippen LogP contribution < -0.4 is 0 Å². The first kappa shape index (κ1) is 7.25. The summed E-state index contributed by atoms with van der Waals surface area (Å²) in [6.45, 7) is 0. The molecule has 6 heteroatoms. The van der Waals surface area contributed by atoms with Gasteiger partial charge in [0.15, 0.2) is 0 Å². The first-order chi connectivity index (χ1) is 3.48. The molecule has 0 saturated carbocycles. The normalized spacial score (nSPS) is 10.6. The molecule has 1 radical (unpaired) electrons. The maximum Gasteiger partial charge on any atom is 0.347 e. The Hall–Kier alpha value is -0.750. The van der Waals surface area contributed by atoms with E-state index < -0.39 is 15.2 Å². The Labute approximate surface area is 45.1 Å². The minimum Gasteiger partial charge on any atom is -0.280 e.